The third-order valence-electron chi connectivity index (χ3n) is 7.89. The fraction of sp³-hybridized carbons (Fsp3) is 0.656. The van der Waals surface area contributed by atoms with E-state index in [-0.39, 0.29) is 27.0 Å². The van der Waals surface area contributed by atoms with Gasteiger partial charge in [-0.15, -0.1) is 4.72 Å². The fourth-order valence-electron chi connectivity index (χ4n) is 5.59. The monoisotopic (exact) mass is 820 g/mol. The van der Waals surface area contributed by atoms with Crippen molar-refractivity contribution in [1.82, 2.24) is 19.7 Å². The number of rotatable bonds is 6. The van der Waals surface area contributed by atoms with Gasteiger partial charge in [-0.05, 0) is 122 Å². The highest BCUT2D eigenvalue weighted by molar-refractivity contribution is 14.1. The average Bonchev–Trinajstić information content (AvgIpc) is 3.30. The van der Waals surface area contributed by atoms with Gasteiger partial charge in [-0.1, -0.05) is 29.8 Å². The van der Waals surface area contributed by atoms with E-state index in [2.05, 4.69) is 37.2 Å². The van der Waals surface area contributed by atoms with Gasteiger partial charge in [0, 0.05) is 35.5 Å². The van der Waals surface area contributed by atoms with Crippen LogP contribution in [-0.4, -0.2) is 66.8 Å². The lowest BCUT2D eigenvalue weighted by atomic mass is 9.74. The van der Waals surface area contributed by atoms with Crippen molar-refractivity contribution in [2.75, 3.05) is 22.9 Å². The summed E-state index contributed by atoms with van der Waals surface area (Å²) in [7, 11) is 0. The van der Waals surface area contributed by atoms with Gasteiger partial charge in [-0.25, -0.2) is 24.5 Å². The Hall–Kier alpha value is -1.59. The van der Waals surface area contributed by atoms with Gasteiger partial charge in [0.05, 0.1) is 17.3 Å². The van der Waals surface area contributed by atoms with Gasteiger partial charge < -0.3 is 18.9 Å². The summed E-state index contributed by atoms with van der Waals surface area (Å²) in [4.78, 5) is 43.8. The number of nitrogens with one attached hydrogen (secondary N) is 1. The Kier molecular flexibility index (Phi) is 12.0. The van der Waals surface area contributed by atoms with Crippen molar-refractivity contribution >= 4 is 81.1 Å². The van der Waals surface area contributed by atoms with Crippen LogP contribution in [0.1, 0.15) is 94.4 Å². The number of imide groups is 1. The number of halogens is 2. The Labute approximate surface area is 304 Å². The van der Waals surface area contributed by atoms with E-state index in [1.54, 1.807) is 53.8 Å². The van der Waals surface area contributed by atoms with E-state index >= 15 is 0 Å². The predicted molar refractivity (Wildman–Crippen MR) is 196 cm³/mol. The van der Waals surface area contributed by atoms with E-state index in [0.29, 0.717) is 13.6 Å². The van der Waals surface area contributed by atoms with Crippen LogP contribution in [0, 0.1) is 9.12 Å². The third kappa shape index (κ3) is 9.77. The number of amides is 2. The SMILES string of the molecule is CC(C)(C)OC(=O)N(C(=O)OC(C)(C)C)c1nccc(Sc2ncc(N3CCC4(CCC[C@H]4N[S+]([O-])C(C)(C)C)CC3)nc2I)c1Cl. The zero-order chi connectivity index (χ0) is 34.9. The summed E-state index contributed by atoms with van der Waals surface area (Å²) in [6.07, 6.45) is 6.68. The van der Waals surface area contributed by atoms with Crippen LogP contribution in [0.25, 0.3) is 0 Å². The highest BCUT2D eigenvalue weighted by Crippen LogP contribution is 2.48. The van der Waals surface area contributed by atoms with E-state index in [4.69, 9.17) is 31.0 Å². The third-order valence-corrected chi connectivity index (χ3v) is 12.2. The van der Waals surface area contributed by atoms with Crippen molar-refractivity contribution in [3.05, 3.63) is 27.2 Å². The van der Waals surface area contributed by atoms with Crippen molar-refractivity contribution < 1.29 is 23.6 Å². The predicted octanol–water partition coefficient (Wildman–Crippen LogP) is 8.15. The minimum Gasteiger partial charge on any atom is -0.598 e. The van der Waals surface area contributed by atoms with E-state index < -0.39 is 34.8 Å². The quantitative estimate of drug-likeness (QED) is 0.224. The number of hydrogen-bond acceptors (Lipinski definition) is 11. The number of anilines is 2. The molecule has 47 heavy (non-hydrogen) atoms. The van der Waals surface area contributed by atoms with Crippen LogP contribution in [0.4, 0.5) is 21.2 Å². The zero-order valence-corrected chi connectivity index (χ0v) is 33.2. The molecule has 2 amide bonds. The summed E-state index contributed by atoms with van der Waals surface area (Å²) in [5, 5.41) is 0.692. The molecule has 0 aromatic carbocycles. The maximum absolute atomic E-state index is 13.2. The van der Waals surface area contributed by atoms with E-state index in [1.807, 2.05) is 20.8 Å². The molecule has 2 aromatic rings. The Morgan fingerprint density at radius 1 is 1.06 bits per heavy atom. The van der Waals surface area contributed by atoms with Crippen LogP contribution in [0.5, 0.6) is 0 Å². The van der Waals surface area contributed by atoms with Gasteiger partial charge in [-0.2, -0.15) is 4.90 Å². The molecule has 2 atom stereocenters. The smallest absolute Gasteiger partial charge is 0.425 e. The number of nitrogens with zero attached hydrogens (tertiary/aromatic N) is 5. The second kappa shape index (κ2) is 14.7. The lowest BCUT2D eigenvalue weighted by Gasteiger charge is -2.44. The van der Waals surface area contributed by atoms with Gasteiger partial charge in [0.25, 0.3) is 0 Å². The van der Waals surface area contributed by atoms with Crippen LogP contribution in [-0.2, 0) is 20.8 Å². The summed E-state index contributed by atoms with van der Waals surface area (Å²) in [5.74, 6) is 0.699. The molecule has 1 saturated heterocycles. The topological polar surface area (TPSA) is 133 Å². The molecular formula is C32H46ClIN6O5S2. The van der Waals surface area contributed by atoms with Crippen molar-refractivity contribution in [1.29, 1.82) is 0 Å². The number of aromatic nitrogens is 3. The summed E-state index contributed by atoms with van der Waals surface area (Å²) in [6, 6.07) is 1.94. The number of carbonyl (C=O) groups excluding carboxylic acids is 2. The molecule has 1 unspecified atom stereocenters. The minimum atomic E-state index is -1.09. The maximum atomic E-state index is 13.2. The summed E-state index contributed by atoms with van der Waals surface area (Å²) in [6.45, 7) is 17.9. The lowest BCUT2D eigenvalue weighted by molar-refractivity contribution is 0.0429. The molecule has 1 N–H and O–H groups in total. The summed E-state index contributed by atoms with van der Waals surface area (Å²) >= 11 is 9.13. The normalized spacial score (nSPS) is 19.1. The van der Waals surface area contributed by atoms with Gasteiger partial charge in [0.2, 0.25) is 0 Å². The van der Waals surface area contributed by atoms with Gasteiger partial charge in [0.1, 0.15) is 30.5 Å². The molecule has 1 saturated carbocycles. The molecule has 260 valence electrons. The molecular weight excluding hydrogens is 775 g/mol. The second-order valence-corrected chi connectivity index (χ2v) is 19.4. The van der Waals surface area contributed by atoms with Crippen LogP contribution in [0.3, 0.4) is 0 Å². The molecule has 1 aliphatic heterocycles. The lowest BCUT2D eigenvalue weighted by Crippen LogP contribution is -2.53. The molecule has 3 heterocycles. The fourth-order valence-corrected chi connectivity index (χ4v) is 8.35. The van der Waals surface area contributed by atoms with Gasteiger partial charge >= 0.3 is 12.2 Å². The van der Waals surface area contributed by atoms with Gasteiger partial charge in [0.15, 0.2) is 5.82 Å². The number of ether oxygens (including phenoxy) is 2. The van der Waals surface area contributed by atoms with Crippen molar-refractivity contribution in [3.63, 3.8) is 0 Å². The first-order valence-electron chi connectivity index (χ1n) is 15.7. The molecule has 2 aliphatic rings. The molecule has 11 nitrogen and oxygen atoms in total. The molecule has 2 aromatic heterocycles. The highest BCUT2D eigenvalue weighted by atomic mass is 127. The molecule has 0 radical (unpaired) electrons. The standard InChI is InChI=1S/C32H46ClIN6O5S2/c1-29(2,3)44-27(41)40(28(42)45-30(4,5)6)25-23(33)20(12-16-35-25)46-26-24(34)37-22(19-36-26)39-17-14-32(15-18-39)13-10-11-21(32)38-47(43)31(7,8)9/h12,16,19,21,38H,10-11,13-15,17-18H2,1-9H3/t21-,47?/m1/s1. The Bertz CT molecular complexity index is 1430. The largest absolute Gasteiger partial charge is 0.598 e. The van der Waals surface area contributed by atoms with Crippen molar-refractivity contribution in [3.8, 4) is 0 Å². The molecule has 0 bridgehead atoms. The minimum absolute atomic E-state index is 0.0735. The van der Waals surface area contributed by atoms with Gasteiger partial charge in [-0.3, -0.25) is 0 Å². The Balaban J connectivity index is 1.50. The van der Waals surface area contributed by atoms with Crippen molar-refractivity contribution in [2.24, 2.45) is 5.41 Å². The number of hydrogen-bond donors (Lipinski definition) is 1. The molecule has 4 rings (SSSR count). The second-order valence-electron chi connectivity index (χ2n) is 15.0. The molecule has 1 aliphatic carbocycles. The van der Waals surface area contributed by atoms with Crippen LogP contribution >= 0.6 is 46.0 Å². The van der Waals surface area contributed by atoms with Crippen LogP contribution < -0.4 is 14.5 Å². The Morgan fingerprint density at radius 2 is 1.66 bits per heavy atom. The molecule has 2 fully saturated rings. The maximum Gasteiger partial charge on any atom is 0.425 e. The molecule has 15 heteroatoms. The first-order chi connectivity index (χ1) is 21.7. The Morgan fingerprint density at radius 3 is 2.19 bits per heavy atom. The van der Waals surface area contributed by atoms with Crippen LogP contribution in [0.2, 0.25) is 5.02 Å². The zero-order valence-electron chi connectivity index (χ0n) is 28.6. The highest BCUT2D eigenvalue weighted by Gasteiger charge is 2.48. The average molecular weight is 821 g/mol. The summed E-state index contributed by atoms with van der Waals surface area (Å²) in [5.41, 5.74) is -1.60. The van der Waals surface area contributed by atoms with E-state index in [0.717, 1.165) is 55.9 Å². The number of pyridine rings is 1. The van der Waals surface area contributed by atoms with Crippen LogP contribution in [0.15, 0.2) is 28.4 Å². The first kappa shape index (κ1) is 38.2. The van der Waals surface area contributed by atoms with E-state index in [1.165, 1.54) is 18.0 Å². The van der Waals surface area contributed by atoms with E-state index in [9.17, 15) is 14.1 Å². The number of piperidine rings is 1. The first-order valence-corrected chi connectivity index (χ1v) is 19.2. The van der Waals surface area contributed by atoms with Crippen molar-refractivity contribution in [2.45, 2.75) is 126 Å². The molecule has 1 spiro atoms. The number of carbonyl (C=O) groups is 2. The summed E-state index contributed by atoms with van der Waals surface area (Å²) < 4.78 is 27.7.